The summed E-state index contributed by atoms with van der Waals surface area (Å²) in [4.78, 5) is 36.7. The summed E-state index contributed by atoms with van der Waals surface area (Å²) in [5, 5.41) is 3.48. The van der Waals surface area contributed by atoms with E-state index in [1.165, 1.54) is 29.5 Å². The van der Waals surface area contributed by atoms with Gasteiger partial charge in [-0.05, 0) is 78.9 Å². The number of amides is 2. The van der Waals surface area contributed by atoms with Crippen LogP contribution in [-0.4, -0.2) is 45.0 Å². The summed E-state index contributed by atoms with van der Waals surface area (Å²) in [7, 11) is 0. The molecule has 2 amide bonds. The number of ether oxygens (including phenoxy) is 1. The molecule has 39 heavy (non-hydrogen) atoms. The fourth-order valence-electron chi connectivity index (χ4n) is 4.58. The summed E-state index contributed by atoms with van der Waals surface area (Å²) in [5.74, 6) is 0.700. The molecule has 9 heteroatoms. The number of thioether (sulfide) groups is 1. The fraction of sp³-hybridized carbons (Fsp3) is 0.200. The number of likely N-dealkylation sites (tertiary alicyclic amines) is 1. The van der Waals surface area contributed by atoms with Crippen molar-refractivity contribution in [2.24, 2.45) is 5.92 Å². The molecule has 3 aromatic carbocycles. The largest absolute Gasteiger partial charge is 0.457 e. The maximum Gasteiger partial charge on any atom is 0.247 e. The lowest BCUT2D eigenvalue weighted by atomic mass is 9.96. The first-order valence-electron chi connectivity index (χ1n) is 12.6. The van der Waals surface area contributed by atoms with Gasteiger partial charge in [-0.2, -0.15) is 0 Å². The van der Waals surface area contributed by atoms with Crippen LogP contribution in [-0.2, 0) is 16.0 Å². The Balaban J connectivity index is 1.25. The molecular weight excluding hydrogens is 515 g/mol. The Morgan fingerprint density at radius 3 is 2.28 bits per heavy atom. The molecule has 7 nitrogen and oxygen atoms in total. The van der Waals surface area contributed by atoms with Crippen LogP contribution < -0.4 is 10.1 Å². The van der Waals surface area contributed by atoms with E-state index in [1.807, 2.05) is 18.2 Å². The summed E-state index contributed by atoms with van der Waals surface area (Å²) in [5.41, 5.74) is 1.78. The minimum atomic E-state index is -0.585. The van der Waals surface area contributed by atoms with Gasteiger partial charge in [0.1, 0.15) is 23.4 Å². The second-order valence-electron chi connectivity index (χ2n) is 9.24. The summed E-state index contributed by atoms with van der Waals surface area (Å²) >= 11 is 1.26. The van der Waals surface area contributed by atoms with Crippen molar-refractivity contribution >= 4 is 29.3 Å². The van der Waals surface area contributed by atoms with Crippen LogP contribution in [0.2, 0.25) is 0 Å². The standard InChI is InChI=1S/C30H27FN4O3S/c31-23-7-11-25(12-8-23)38-26-13-9-24(10-14-26)34-29(37)27-18-22(17-21-5-2-1-3-6-21)19-35(27)28(36)20-39-30-32-15-4-16-33-30/h1-16,22,27H,17-20H2,(H,34,37)/t22-,27-/m1/s1. The van der Waals surface area contributed by atoms with Crippen LogP contribution in [0, 0.1) is 11.7 Å². The molecule has 1 N–H and O–H groups in total. The first-order valence-corrected chi connectivity index (χ1v) is 13.6. The fourth-order valence-corrected chi connectivity index (χ4v) is 5.27. The van der Waals surface area contributed by atoms with Crippen LogP contribution in [0.25, 0.3) is 0 Å². The van der Waals surface area contributed by atoms with E-state index in [2.05, 4.69) is 27.4 Å². The smallest absolute Gasteiger partial charge is 0.247 e. The number of carbonyl (C=O) groups is 2. The van der Waals surface area contributed by atoms with E-state index in [4.69, 9.17) is 4.74 Å². The van der Waals surface area contributed by atoms with E-state index in [0.717, 1.165) is 6.42 Å². The van der Waals surface area contributed by atoms with Gasteiger partial charge in [0.05, 0.1) is 5.75 Å². The molecule has 1 aliphatic heterocycles. The van der Waals surface area contributed by atoms with Gasteiger partial charge in [-0.3, -0.25) is 9.59 Å². The quantitative estimate of drug-likeness (QED) is 0.219. The Hall–Kier alpha value is -4.24. The second kappa shape index (κ2) is 12.5. The van der Waals surface area contributed by atoms with Crippen LogP contribution in [0.15, 0.2) is 102 Å². The average molecular weight is 543 g/mol. The Labute approximate surface area is 230 Å². The Kier molecular flexibility index (Phi) is 8.48. The molecule has 1 aromatic heterocycles. The molecule has 5 rings (SSSR count). The molecule has 0 aliphatic carbocycles. The van der Waals surface area contributed by atoms with Crippen molar-refractivity contribution in [3.05, 3.63) is 109 Å². The number of benzene rings is 3. The Bertz CT molecular complexity index is 1390. The molecule has 1 saturated heterocycles. The predicted octanol–water partition coefficient (Wildman–Crippen LogP) is 5.60. The van der Waals surface area contributed by atoms with Crippen molar-refractivity contribution in [3.63, 3.8) is 0 Å². The van der Waals surface area contributed by atoms with Gasteiger partial charge in [-0.15, -0.1) is 0 Å². The average Bonchev–Trinajstić information content (AvgIpc) is 3.39. The molecule has 0 unspecified atom stereocenters. The number of nitrogens with one attached hydrogen (secondary N) is 1. The monoisotopic (exact) mass is 542 g/mol. The number of nitrogens with zero attached hydrogens (tertiary/aromatic N) is 3. The van der Waals surface area contributed by atoms with Crippen molar-refractivity contribution in [2.45, 2.75) is 24.0 Å². The van der Waals surface area contributed by atoms with Crippen LogP contribution in [0.1, 0.15) is 12.0 Å². The van der Waals surface area contributed by atoms with Crippen molar-refractivity contribution < 1.29 is 18.7 Å². The SMILES string of the molecule is O=C(Nc1ccc(Oc2ccc(F)cc2)cc1)[C@H]1C[C@@H](Cc2ccccc2)CN1C(=O)CSc1ncccn1. The number of halogens is 1. The number of carbonyl (C=O) groups excluding carboxylic acids is 2. The van der Waals surface area contributed by atoms with Crippen molar-refractivity contribution in [1.82, 2.24) is 14.9 Å². The van der Waals surface area contributed by atoms with Crippen LogP contribution in [0.3, 0.4) is 0 Å². The van der Waals surface area contributed by atoms with Crippen molar-refractivity contribution in [3.8, 4) is 11.5 Å². The topological polar surface area (TPSA) is 84.4 Å². The molecule has 0 saturated carbocycles. The summed E-state index contributed by atoms with van der Waals surface area (Å²) in [6, 6.07) is 23.9. The van der Waals surface area contributed by atoms with E-state index in [-0.39, 0.29) is 29.3 Å². The van der Waals surface area contributed by atoms with Gasteiger partial charge in [0.15, 0.2) is 5.16 Å². The molecule has 0 spiro atoms. The Morgan fingerprint density at radius 2 is 1.59 bits per heavy atom. The van der Waals surface area contributed by atoms with Gasteiger partial charge >= 0.3 is 0 Å². The minimum absolute atomic E-state index is 0.119. The number of rotatable bonds is 9. The van der Waals surface area contributed by atoms with Gasteiger partial charge in [-0.25, -0.2) is 14.4 Å². The minimum Gasteiger partial charge on any atom is -0.457 e. The lowest BCUT2D eigenvalue weighted by Gasteiger charge is -2.24. The highest BCUT2D eigenvalue weighted by Gasteiger charge is 2.39. The molecule has 0 bridgehead atoms. The number of anilines is 1. The summed E-state index contributed by atoms with van der Waals surface area (Å²) < 4.78 is 18.9. The third-order valence-corrected chi connectivity index (χ3v) is 7.28. The lowest BCUT2D eigenvalue weighted by molar-refractivity contribution is -0.134. The number of hydrogen-bond donors (Lipinski definition) is 1. The molecular formula is C30H27FN4O3S. The zero-order valence-corrected chi connectivity index (χ0v) is 21.9. The highest BCUT2D eigenvalue weighted by Crippen LogP contribution is 2.29. The zero-order chi connectivity index (χ0) is 27.0. The van der Waals surface area contributed by atoms with Crippen LogP contribution in [0.5, 0.6) is 11.5 Å². The maximum atomic E-state index is 13.4. The van der Waals surface area contributed by atoms with Crippen molar-refractivity contribution in [2.75, 3.05) is 17.6 Å². The number of aromatic nitrogens is 2. The Morgan fingerprint density at radius 1 is 0.923 bits per heavy atom. The van der Waals surface area contributed by atoms with Gasteiger partial charge < -0.3 is 15.0 Å². The van der Waals surface area contributed by atoms with E-state index in [1.54, 1.807) is 59.8 Å². The molecule has 2 heterocycles. The second-order valence-corrected chi connectivity index (χ2v) is 10.2. The van der Waals surface area contributed by atoms with Gasteiger partial charge in [-0.1, -0.05) is 42.1 Å². The normalized spacial score (nSPS) is 16.6. The lowest BCUT2D eigenvalue weighted by Crippen LogP contribution is -2.44. The maximum absolute atomic E-state index is 13.4. The van der Waals surface area contributed by atoms with Gasteiger partial charge in [0.2, 0.25) is 11.8 Å². The van der Waals surface area contributed by atoms with E-state index in [0.29, 0.717) is 35.3 Å². The van der Waals surface area contributed by atoms with Crippen molar-refractivity contribution in [1.29, 1.82) is 0 Å². The highest BCUT2D eigenvalue weighted by molar-refractivity contribution is 7.99. The summed E-state index contributed by atoms with van der Waals surface area (Å²) in [6.07, 6.45) is 4.64. The number of hydrogen-bond acceptors (Lipinski definition) is 6. The molecule has 1 fully saturated rings. The summed E-state index contributed by atoms with van der Waals surface area (Å²) in [6.45, 7) is 0.506. The molecule has 1 aliphatic rings. The highest BCUT2D eigenvalue weighted by atomic mass is 32.2. The van der Waals surface area contributed by atoms with Gasteiger partial charge in [0.25, 0.3) is 0 Å². The third kappa shape index (κ3) is 7.20. The van der Waals surface area contributed by atoms with E-state index >= 15 is 0 Å². The van der Waals surface area contributed by atoms with E-state index < -0.39 is 6.04 Å². The molecule has 198 valence electrons. The molecule has 2 atom stereocenters. The third-order valence-electron chi connectivity index (χ3n) is 6.42. The van der Waals surface area contributed by atoms with E-state index in [9.17, 15) is 14.0 Å². The van der Waals surface area contributed by atoms with Crippen LogP contribution >= 0.6 is 11.8 Å². The zero-order valence-electron chi connectivity index (χ0n) is 21.1. The molecule has 0 radical (unpaired) electrons. The first-order chi connectivity index (χ1) is 19.0. The molecule has 4 aromatic rings. The predicted molar refractivity (Wildman–Crippen MR) is 148 cm³/mol. The van der Waals surface area contributed by atoms with Gasteiger partial charge in [0, 0.05) is 24.6 Å². The first kappa shape index (κ1) is 26.4. The van der Waals surface area contributed by atoms with Crippen LogP contribution in [0.4, 0.5) is 10.1 Å².